The van der Waals surface area contributed by atoms with E-state index in [9.17, 15) is 0 Å². The van der Waals surface area contributed by atoms with Crippen LogP contribution in [0.4, 0.5) is 0 Å². The Balaban J connectivity index is 1.54. The van der Waals surface area contributed by atoms with Crippen LogP contribution in [-0.2, 0) is 0 Å². The van der Waals surface area contributed by atoms with Gasteiger partial charge in [0.2, 0.25) is 0 Å². The normalized spacial score (nSPS) is 20.1. The number of benzene rings is 1. The maximum absolute atomic E-state index is 5.42. The quantitative estimate of drug-likeness (QED) is 0.905. The topological polar surface area (TPSA) is 46.1 Å². The van der Waals surface area contributed by atoms with E-state index in [2.05, 4.69) is 34.6 Å². The van der Waals surface area contributed by atoms with Gasteiger partial charge in [-0.2, -0.15) is 0 Å². The molecule has 1 aromatic rings. The zero-order chi connectivity index (χ0) is 17.9. The minimum absolute atomic E-state index is 0.658. The zero-order valence-corrected chi connectivity index (χ0v) is 15.4. The highest BCUT2D eigenvalue weighted by molar-refractivity contribution is 6.00. The number of hydrogen-bond acceptors (Lipinski definition) is 5. The fraction of sp³-hybridized carbons (Fsp3) is 0.381. The predicted molar refractivity (Wildman–Crippen MR) is 104 cm³/mol. The fourth-order valence-electron chi connectivity index (χ4n) is 3.73. The van der Waals surface area contributed by atoms with Gasteiger partial charge >= 0.3 is 0 Å². The van der Waals surface area contributed by atoms with Gasteiger partial charge in [0.1, 0.15) is 5.84 Å². The lowest BCUT2D eigenvalue weighted by Gasteiger charge is -2.31. The highest BCUT2D eigenvalue weighted by atomic mass is 16.5. The summed E-state index contributed by atoms with van der Waals surface area (Å²) in [5, 5.41) is 3.43. The fourth-order valence-corrected chi connectivity index (χ4v) is 3.73. The van der Waals surface area contributed by atoms with E-state index >= 15 is 0 Å². The lowest BCUT2D eigenvalue weighted by Crippen LogP contribution is -2.33. The molecular weight excluding hydrogens is 326 g/mol. The first-order chi connectivity index (χ1) is 12.8. The average Bonchev–Trinajstić information content (AvgIpc) is 2.73. The number of ether oxygens (including phenoxy) is 2. The van der Waals surface area contributed by atoms with E-state index in [4.69, 9.17) is 14.5 Å². The molecule has 1 fully saturated rings. The molecule has 3 aliphatic rings. The van der Waals surface area contributed by atoms with Crippen LogP contribution in [0.3, 0.4) is 0 Å². The Morgan fingerprint density at radius 2 is 1.88 bits per heavy atom. The monoisotopic (exact) mass is 351 g/mol. The number of nitrogens with one attached hydrogen (secondary N) is 1. The summed E-state index contributed by atoms with van der Waals surface area (Å²) in [5.74, 6) is 3.11. The van der Waals surface area contributed by atoms with Crippen molar-refractivity contribution >= 4 is 11.5 Å². The van der Waals surface area contributed by atoms with Crippen LogP contribution in [-0.4, -0.2) is 44.6 Å². The van der Waals surface area contributed by atoms with E-state index in [1.54, 1.807) is 14.2 Å². The first kappa shape index (κ1) is 16.9. The molecule has 3 heterocycles. The number of rotatable bonds is 4. The molecule has 0 aromatic heterocycles. The summed E-state index contributed by atoms with van der Waals surface area (Å²) in [6.45, 7) is 3.06. The Morgan fingerprint density at radius 3 is 2.65 bits per heavy atom. The Morgan fingerprint density at radius 1 is 1.08 bits per heavy atom. The van der Waals surface area contributed by atoms with Crippen molar-refractivity contribution < 1.29 is 9.47 Å². The number of hydrogen-bond donors (Lipinski definition) is 1. The molecular formula is C21H25N3O2. The summed E-state index contributed by atoms with van der Waals surface area (Å²) in [6.07, 6.45) is 11.2. The van der Waals surface area contributed by atoms with Gasteiger partial charge in [-0.05, 0) is 67.8 Å². The molecule has 3 aliphatic heterocycles. The Labute approximate surface area is 154 Å². The maximum atomic E-state index is 5.42. The molecule has 0 saturated carbocycles. The number of piperidine rings is 1. The second kappa shape index (κ2) is 7.38. The van der Waals surface area contributed by atoms with Crippen LogP contribution in [0, 0.1) is 5.92 Å². The summed E-state index contributed by atoms with van der Waals surface area (Å²) in [5.41, 5.74) is 3.44. The van der Waals surface area contributed by atoms with Crippen LogP contribution < -0.4 is 14.8 Å². The third-order valence-electron chi connectivity index (χ3n) is 5.23. The maximum Gasteiger partial charge on any atom is 0.161 e. The van der Waals surface area contributed by atoms with E-state index in [0.29, 0.717) is 5.92 Å². The minimum atomic E-state index is 0.658. The third-order valence-corrected chi connectivity index (χ3v) is 5.23. The van der Waals surface area contributed by atoms with Gasteiger partial charge in [-0.1, -0.05) is 6.08 Å². The summed E-state index contributed by atoms with van der Waals surface area (Å²) >= 11 is 0. The lowest BCUT2D eigenvalue weighted by atomic mass is 9.89. The number of amidine groups is 1. The standard InChI is InChI=1S/C21H25N3O2/c1-25-19-5-3-16(13-20(19)26-2)18-9-12-24-14-17(4-6-21(24)23-18)15-7-10-22-11-8-15/h3-6,9,13-15,22H,7-8,10-12H2,1-2H3. The third kappa shape index (κ3) is 3.27. The highest BCUT2D eigenvalue weighted by Gasteiger charge is 2.22. The van der Waals surface area contributed by atoms with Crippen LogP contribution in [0.15, 0.2) is 53.2 Å². The summed E-state index contributed by atoms with van der Waals surface area (Å²) < 4.78 is 10.7. The molecule has 0 atom stereocenters. The van der Waals surface area contributed by atoms with Crippen LogP contribution in [0.5, 0.6) is 11.5 Å². The lowest BCUT2D eigenvalue weighted by molar-refractivity contribution is 0.355. The molecule has 0 amide bonds. The van der Waals surface area contributed by atoms with Crippen molar-refractivity contribution in [3.63, 3.8) is 0 Å². The largest absolute Gasteiger partial charge is 0.493 e. The molecule has 0 unspecified atom stereocenters. The van der Waals surface area contributed by atoms with Gasteiger partial charge in [0, 0.05) is 18.3 Å². The Bertz CT molecular complexity index is 801. The molecule has 1 aromatic carbocycles. The molecule has 1 saturated heterocycles. The van der Waals surface area contributed by atoms with Crippen LogP contribution >= 0.6 is 0 Å². The van der Waals surface area contributed by atoms with Crippen molar-refractivity contribution in [3.05, 3.63) is 53.8 Å². The summed E-state index contributed by atoms with van der Waals surface area (Å²) in [7, 11) is 3.30. The average molecular weight is 351 g/mol. The number of aliphatic imine (C=N–C) groups is 1. The summed E-state index contributed by atoms with van der Waals surface area (Å²) in [4.78, 5) is 7.09. The van der Waals surface area contributed by atoms with Crippen LogP contribution in [0.1, 0.15) is 18.4 Å². The van der Waals surface area contributed by atoms with Crippen molar-refractivity contribution in [2.75, 3.05) is 33.9 Å². The van der Waals surface area contributed by atoms with Gasteiger partial charge in [0.05, 0.1) is 19.9 Å². The first-order valence-corrected chi connectivity index (χ1v) is 9.17. The van der Waals surface area contributed by atoms with Gasteiger partial charge in [-0.3, -0.25) is 0 Å². The molecule has 4 rings (SSSR count). The number of allylic oxidation sites excluding steroid dienone is 2. The van der Waals surface area contributed by atoms with Gasteiger partial charge in [-0.25, -0.2) is 4.99 Å². The van der Waals surface area contributed by atoms with E-state index in [1.165, 1.54) is 18.4 Å². The molecule has 136 valence electrons. The van der Waals surface area contributed by atoms with Crippen molar-refractivity contribution in [3.8, 4) is 11.5 Å². The van der Waals surface area contributed by atoms with Gasteiger partial charge in [0.15, 0.2) is 11.5 Å². The molecule has 0 bridgehead atoms. The number of nitrogens with zero attached hydrogens (tertiary/aromatic N) is 2. The van der Waals surface area contributed by atoms with Gasteiger partial charge in [-0.15, -0.1) is 0 Å². The summed E-state index contributed by atoms with van der Waals surface area (Å²) in [6, 6.07) is 5.93. The molecule has 5 nitrogen and oxygen atoms in total. The minimum Gasteiger partial charge on any atom is -0.493 e. The molecule has 0 aliphatic carbocycles. The number of fused-ring (bicyclic) bond motifs is 1. The van der Waals surface area contributed by atoms with Crippen LogP contribution in [0.25, 0.3) is 5.70 Å². The van der Waals surface area contributed by atoms with E-state index in [1.807, 2.05) is 18.2 Å². The van der Waals surface area contributed by atoms with Crippen molar-refractivity contribution in [2.24, 2.45) is 10.9 Å². The highest BCUT2D eigenvalue weighted by Crippen LogP contribution is 2.33. The van der Waals surface area contributed by atoms with Gasteiger partial charge < -0.3 is 19.7 Å². The van der Waals surface area contributed by atoms with Gasteiger partial charge in [0.25, 0.3) is 0 Å². The smallest absolute Gasteiger partial charge is 0.161 e. The second-order valence-corrected chi connectivity index (χ2v) is 6.77. The SMILES string of the molecule is COc1ccc(C2=CCN3C=C(C4CCNCC4)C=CC3=N2)cc1OC. The predicted octanol–water partition coefficient (Wildman–Crippen LogP) is 3.21. The van der Waals surface area contributed by atoms with Crippen molar-refractivity contribution in [1.29, 1.82) is 0 Å². The molecule has 26 heavy (non-hydrogen) atoms. The number of methoxy groups -OCH3 is 2. The van der Waals surface area contributed by atoms with Crippen LogP contribution in [0.2, 0.25) is 0 Å². The van der Waals surface area contributed by atoms with Crippen molar-refractivity contribution in [1.82, 2.24) is 10.2 Å². The van der Waals surface area contributed by atoms with E-state index in [-0.39, 0.29) is 0 Å². The Kier molecular flexibility index (Phi) is 4.80. The molecule has 0 spiro atoms. The van der Waals surface area contributed by atoms with E-state index < -0.39 is 0 Å². The molecule has 1 N–H and O–H groups in total. The van der Waals surface area contributed by atoms with Crippen molar-refractivity contribution in [2.45, 2.75) is 12.8 Å². The second-order valence-electron chi connectivity index (χ2n) is 6.77. The molecule has 0 radical (unpaired) electrons. The van der Waals surface area contributed by atoms with E-state index in [0.717, 1.165) is 48.2 Å². The zero-order valence-electron chi connectivity index (χ0n) is 15.4. The first-order valence-electron chi connectivity index (χ1n) is 9.17. The Hall–Kier alpha value is -2.53. The molecule has 5 heteroatoms.